The van der Waals surface area contributed by atoms with Gasteiger partial charge in [-0.1, -0.05) is 23.8 Å². The van der Waals surface area contributed by atoms with Crippen LogP contribution in [0.2, 0.25) is 5.02 Å². The Kier molecular flexibility index (Phi) is 4.54. The molecule has 30 heavy (non-hydrogen) atoms. The molecule has 1 aromatic rings. The number of fused-ring (bicyclic) bond motifs is 1. The van der Waals surface area contributed by atoms with E-state index in [9.17, 15) is 4.79 Å². The van der Waals surface area contributed by atoms with Crippen molar-refractivity contribution in [3.8, 4) is 11.5 Å². The third-order valence-corrected chi connectivity index (χ3v) is 8.59. The second-order valence-corrected chi connectivity index (χ2v) is 10.2. The largest absolute Gasteiger partial charge is 0.454 e. The molecule has 4 atom stereocenters. The average molecular weight is 429 g/mol. The summed E-state index contributed by atoms with van der Waals surface area (Å²) in [5, 5.41) is 4.21. The molecule has 0 radical (unpaired) electrons. The highest BCUT2D eigenvalue weighted by Crippen LogP contribution is 2.70. The summed E-state index contributed by atoms with van der Waals surface area (Å²) in [5.41, 5.74) is 1.62. The number of nitrogens with zero attached hydrogens (tertiary/aromatic N) is 1. The highest BCUT2D eigenvalue weighted by molar-refractivity contribution is 6.31. The highest BCUT2D eigenvalue weighted by atomic mass is 35.5. The van der Waals surface area contributed by atoms with Crippen molar-refractivity contribution in [1.82, 2.24) is 10.2 Å². The Morgan fingerprint density at radius 2 is 2.03 bits per heavy atom. The van der Waals surface area contributed by atoms with Gasteiger partial charge in [0.15, 0.2) is 11.5 Å². The molecule has 5 nitrogen and oxygen atoms in total. The number of hydrogen-bond donors (Lipinski definition) is 1. The molecule has 1 spiro atoms. The first kappa shape index (κ1) is 19.0. The molecule has 1 saturated heterocycles. The van der Waals surface area contributed by atoms with E-state index >= 15 is 0 Å². The Balaban J connectivity index is 1.03. The van der Waals surface area contributed by atoms with Gasteiger partial charge in [0, 0.05) is 36.6 Å². The van der Waals surface area contributed by atoms with Gasteiger partial charge in [-0.2, -0.15) is 0 Å². The lowest BCUT2D eigenvalue weighted by atomic mass is 9.88. The van der Waals surface area contributed by atoms with E-state index in [1.54, 1.807) is 0 Å². The maximum Gasteiger partial charge on any atom is 0.231 e. The first-order chi connectivity index (χ1) is 14.6. The minimum atomic E-state index is 0.258. The predicted molar refractivity (Wildman–Crippen MR) is 115 cm³/mol. The molecule has 6 heteroatoms. The first-order valence-corrected chi connectivity index (χ1v) is 11.8. The Bertz CT molecular complexity index is 897. The van der Waals surface area contributed by atoms with E-state index in [0.29, 0.717) is 47.0 Å². The van der Waals surface area contributed by atoms with Crippen molar-refractivity contribution in [2.24, 2.45) is 23.2 Å². The number of nitrogens with one attached hydrogen (secondary N) is 1. The molecule has 160 valence electrons. The Hall–Kier alpha value is -1.72. The van der Waals surface area contributed by atoms with Crippen LogP contribution in [0.15, 0.2) is 24.3 Å². The summed E-state index contributed by atoms with van der Waals surface area (Å²) in [5.74, 6) is 4.02. The van der Waals surface area contributed by atoms with E-state index in [4.69, 9.17) is 21.1 Å². The van der Waals surface area contributed by atoms with Gasteiger partial charge in [0.1, 0.15) is 0 Å². The zero-order valence-corrected chi connectivity index (χ0v) is 18.0. The number of allylic oxidation sites excluding steroid dienone is 2. The minimum absolute atomic E-state index is 0.258. The van der Waals surface area contributed by atoms with Crippen LogP contribution in [-0.4, -0.2) is 36.7 Å². The molecular formula is C24H29ClN2O3. The van der Waals surface area contributed by atoms with Crippen LogP contribution in [0.4, 0.5) is 0 Å². The number of carbonyl (C=O) groups excluding carboxylic acids is 1. The molecule has 3 fully saturated rings. The fraction of sp³-hybridized carbons (Fsp3) is 0.625. The molecule has 0 unspecified atom stereocenters. The van der Waals surface area contributed by atoms with Crippen molar-refractivity contribution in [1.29, 1.82) is 0 Å². The quantitative estimate of drug-likeness (QED) is 0.523. The molecule has 6 rings (SSSR count). The highest BCUT2D eigenvalue weighted by Gasteiger charge is 2.62. The van der Waals surface area contributed by atoms with Crippen molar-refractivity contribution in [2.45, 2.75) is 51.1 Å². The zero-order valence-electron chi connectivity index (χ0n) is 17.2. The number of ether oxygens (including phenoxy) is 2. The summed E-state index contributed by atoms with van der Waals surface area (Å²) in [4.78, 5) is 14.8. The molecule has 0 aromatic heterocycles. The van der Waals surface area contributed by atoms with Crippen LogP contribution in [-0.2, 0) is 11.3 Å². The number of carbonyl (C=O) groups is 1. The maximum atomic E-state index is 12.6. The third-order valence-electron chi connectivity index (χ3n) is 8.24. The van der Waals surface area contributed by atoms with Gasteiger partial charge in [-0.25, -0.2) is 0 Å². The van der Waals surface area contributed by atoms with Crippen molar-refractivity contribution in [3.63, 3.8) is 0 Å². The minimum Gasteiger partial charge on any atom is -0.454 e. The van der Waals surface area contributed by atoms with Crippen LogP contribution in [0.1, 0.15) is 44.1 Å². The van der Waals surface area contributed by atoms with Gasteiger partial charge in [-0.3, -0.25) is 4.79 Å². The molecule has 2 heterocycles. The predicted octanol–water partition coefficient (Wildman–Crippen LogP) is 4.14. The average Bonchev–Trinajstić information content (AvgIpc) is 2.95. The zero-order chi connectivity index (χ0) is 20.3. The number of likely N-dealkylation sites (tertiary alicyclic amines) is 1. The summed E-state index contributed by atoms with van der Waals surface area (Å²) in [7, 11) is 0. The monoisotopic (exact) mass is 428 g/mol. The van der Waals surface area contributed by atoms with E-state index in [1.807, 2.05) is 12.1 Å². The van der Waals surface area contributed by atoms with Crippen LogP contribution in [0.25, 0.3) is 0 Å². The van der Waals surface area contributed by atoms with E-state index < -0.39 is 0 Å². The molecule has 2 aliphatic heterocycles. The van der Waals surface area contributed by atoms with Crippen LogP contribution >= 0.6 is 11.6 Å². The van der Waals surface area contributed by atoms with Gasteiger partial charge in [0.05, 0.1) is 0 Å². The smallest absolute Gasteiger partial charge is 0.231 e. The Labute approximate surface area is 182 Å². The Morgan fingerprint density at radius 1 is 1.20 bits per heavy atom. The van der Waals surface area contributed by atoms with Gasteiger partial charge >= 0.3 is 0 Å². The summed E-state index contributed by atoms with van der Waals surface area (Å²) in [6.07, 6.45) is 11.7. The van der Waals surface area contributed by atoms with Gasteiger partial charge in [-0.15, -0.1) is 0 Å². The van der Waals surface area contributed by atoms with Crippen LogP contribution in [0.5, 0.6) is 11.5 Å². The molecule has 1 amide bonds. The number of hydrogen-bond acceptors (Lipinski definition) is 4. The third kappa shape index (κ3) is 3.04. The van der Waals surface area contributed by atoms with E-state index in [-0.39, 0.29) is 6.79 Å². The number of halogens is 1. The van der Waals surface area contributed by atoms with E-state index in [0.717, 1.165) is 49.1 Å². The lowest BCUT2D eigenvalue weighted by molar-refractivity contribution is -0.129. The molecule has 3 aliphatic carbocycles. The van der Waals surface area contributed by atoms with Crippen molar-refractivity contribution < 1.29 is 14.3 Å². The molecule has 5 aliphatic rings. The van der Waals surface area contributed by atoms with Gasteiger partial charge in [0.25, 0.3) is 0 Å². The molecule has 1 N–H and O–H groups in total. The summed E-state index contributed by atoms with van der Waals surface area (Å²) < 4.78 is 10.8. The number of amides is 1. The normalized spacial score (nSPS) is 32.0. The lowest BCUT2D eigenvalue weighted by Crippen LogP contribution is -2.39. The summed E-state index contributed by atoms with van der Waals surface area (Å²) >= 11 is 6.38. The molecular weight excluding hydrogens is 400 g/mol. The standard InChI is InChI=1S/C24H29ClN2O3/c25-20-11-22-21(29-14-30-22)10-15(20)12-26-8-5-18-2-4-23(28)27(18)13-16-9-17-1-3-19(16)24(17)6-7-24/h1,3,10-11,16-19,26H,2,4-9,12-14H2/t16-,17+,18+,19+/m1/s1. The first-order valence-electron chi connectivity index (χ1n) is 11.4. The van der Waals surface area contributed by atoms with E-state index in [2.05, 4.69) is 22.4 Å². The summed E-state index contributed by atoms with van der Waals surface area (Å²) in [6, 6.07) is 4.16. The second kappa shape index (κ2) is 7.16. The molecule has 2 saturated carbocycles. The number of rotatable bonds is 7. The maximum absolute atomic E-state index is 12.6. The topological polar surface area (TPSA) is 50.8 Å². The second-order valence-electron chi connectivity index (χ2n) is 9.75. The van der Waals surface area contributed by atoms with Crippen LogP contribution < -0.4 is 14.8 Å². The van der Waals surface area contributed by atoms with Crippen LogP contribution in [0.3, 0.4) is 0 Å². The number of benzene rings is 1. The van der Waals surface area contributed by atoms with Gasteiger partial charge in [0.2, 0.25) is 12.7 Å². The fourth-order valence-electron chi connectivity index (χ4n) is 6.52. The van der Waals surface area contributed by atoms with Crippen molar-refractivity contribution in [2.75, 3.05) is 19.9 Å². The summed E-state index contributed by atoms with van der Waals surface area (Å²) in [6.45, 7) is 2.79. The van der Waals surface area contributed by atoms with Crippen molar-refractivity contribution in [3.05, 3.63) is 34.9 Å². The van der Waals surface area contributed by atoms with Crippen LogP contribution in [0, 0.1) is 23.2 Å². The van der Waals surface area contributed by atoms with E-state index in [1.165, 1.54) is 19.3 Å². The SMILES string of the molecule is O=C1CC[C@@H](CCNCc2cc3c(cc2Cl)OCO3)N1C[C@H]1C[C@@H]2C=C[C@@H]1C21CC1. The van der Waals surface area contributed by atoms with Crippen molar-refractivity contribution >= 4 is 17.5 Å². The Morgan fingerprint density at radius 3 is 2.83 bits per heavy atom. The molecule has 1 aromatic carbocycles. The lowest BCUT2D eigenvalue weighted by Gasteiger charge is -2.30. The van der Waals surface area contributed by atoms with Gasteiger partial charge < -0.3 is 19.7 Å². The van der Waals surface area contributed by atoms with Gasteiger partial charge in [-0.05, 0) is 73.4 Å². The molecule has 2 bridgehead atoms. The fourth-order valence-corrected chi connectivity index (χ4v) is 6.74.